The van der Waals surface area contributed by atoms with Crippen LogP contribution in [0.15, 0.2) is 53.4 Å². The standard InChI is InChI=1S/C29H36N6O3/c1-3-28(36)34-16-13-24-8-6-9-25(35(24)18-22-11-14-30-15-12-22)20-33(19-23-7-4-5-10-27(23)34)29(37)17-26-21(2)31-38-32-26/h4-5,7,10-12,14-15,24-25H,3,6,8-9,13,16-20H2,1-2H3. The summed E-state index contributed by atoms with van der Waals surface area (Å²) in [5, 5.41) is 7.82. The zero-order valence-electron chi connectivity index (χ0n) is 22.3. The smallest absolute Gasteiger partial charge is 0.229 e. The number of aryl methyl sites for hydroxylation is 1. The van der Waals surface area contributed by atoms with Crippen LogP contribution in [0.1, 0.15) is 61.5 Å². The Labute approximate surface area is 223 Å². The summed E-state index contributed by atoms with van der Waals surface area (Å²) in [6.07, 6.45) is 8.33. The summed E-state index contributed by atoms with van der Waals surface area (Å²) in [6.45, 7) is 6.20. The molecule has 2 aliphatic heterocycles. The first kappa shape index (κ1) is 26.0. The lowest BCUT2D eigenvalue weighted by atomic mass is 9.92. The summed E-state index contributed by atoms with van der Waals surface area (Å²) in [4.78, 5) is 37.6. The van der Waals surface area contributed by atoms with Gasteiger partial charge in [-0.2, -0.15) is 0 Å². The number of para-hydroxylation sites is 1. The average molecular weight is 517 g/mol. The molecule has 0 aliphatic carbocycles. The second-order valence-electron chi connectivity index (χ2n) is 10.3. The number of rotatable bonds is 5. The Morgan fingerprint density at radius 3 is 2.55 bits per heavy atom. The number of amides is 2. The van der Waals surface area contributed by atoms with Gasteiger partial charge in [0.1, 0.15) is 11.4 Å². The van der Waals surface area contributed by atoms with E-state index in [4.69, 9.17) is 4.63 Å². The number of nitrogens with zero attached hydrogens (tertiary/aromatic N) is 6. The molecule has 3 aromatic rings. The fourth-order valence-corrected chi connectivity index (χ4v) is 5.82. The van der Waals surface area contributed by atoms with Gasteiger partial charge < -0.3 is 9.80 Å². The van der Waals surface area contributed by atoms with Crippen LogP contribution < -0.4 is 4.90 Å². The molecule has 5 rings (SSSR count). The molecule has 0 radical (unpaired) electrons. The van der Waals surface area contributed by atoms with Crippen LogP contribution in [-0.2, 0) is 29.1 Å². The first-order valence-electron chi connectivity index (χ1n) is 13.6. The highest BCUT2D eigenvalue weighted by molar-refractivity contribution is 5.94. The van der Waals surface area contributed by atoms with E-state index >= 15 is 0 Å². The molecular weight excluding hydrogens is 480 g/mol. The summed E-state index contributed by atoms with van der Waals surface area (Å²) in [5.74, 6) is 0.0871. The quantitative estimate of drug-likeness (QED) is 0.507. The van der Waals surface area contributed by atoms with Crippen molar-refractivity contribution in [2.75, 3.05) is 18.0 Å². The number of aromatic nitrogens is 3. The molecule has 38 heavy (non-hydrogen) atoms. The number of pyridine rings is 1. The van der Waals surface area contributed by atoms with Crippen molar-refractivity contribution in [2.24, 2.45) is 0 Å². The van der Waals surface area contributed by atoms with Crippen molar-refractivity contribution in [1.29, 1.82) is 0 Å². The minimum atomic E-state index is -0.0165. The van der Waals surface area contributed by atoms with E-state index in [1.807, 2.05) is 53.4 Å². The number of anilines is 1. The zero-order chi connectivity index (χ0) is 26.5. The minimum absolute atomic E-state index is 0.0165. The number of benzene rings is 1. The largest absolute Gasteiger partial charge is 0.336 e. The van der Waals surface area contributed by atoms with Crippen LogP contribution in [0.4, 0.5) is 5.69 Å². The summed E-state index contributed by atoms with van der Waals surface area (Å²) in [6, 6.07) is 12.7. The summed E-state index contributed by atoms with van der Waals surface area (Å²) in [5.41, 5.74) is 4.28. The first-order valence-corrected chi connectivity index (χ1v) is 13.6. The number of hydrogen-bond donors (Lipinski definition) is 0. The van der Waals surface area contributed by atoms with Crippen molar-refractivity contribution in [3.8, 4) is 0 Å². The predicted molar refractivity (Wildman–Crippen MR) is 143 cm³/mol. The average Bonchev–Trinajstić information content (AvgIpc) is 3.34. The van der Waals surface area contributed by atoms with Crippen molar-refractivity contribution >= 4 is 17.5 Å². The Hall–Kier alpha value is -3.59. The lowest BCUT2D eigenvalue weighted by molar-refractivity contribution is -0.132. The molecule has 2 unspecified atom stereocenters. The molecule has 1 fully saturated rings. The lowest BCUT2D eigenvalue weighted by Gasteiger charge is -2.44. The van der Waals surface area contributed by atoms with Gasteiger partial charge in [0.2, 0.25) is 11.8 Å². The SMILES string of the molecule is CCC(=O)N1CCC2CCCC(CN(C(=O)Cc3nonc3C)Cc3ccccc31)N2Cc1ccncc1. The van der Waals surface area contributed by atoms with Crippen LogP contribution in [0.25, 0.3) is 0 Å². The van der Waals surface area contributed by atoms with Gasteiger partial charge in [-0.1, -0.05) is 41.9 Å². The Kier molecular flexibility index (Phi) is 8.12. The third-order valence-electron chi connectivity index (χ3n) is 7.91. The van der Waals surface area contributed by atoms with Gasteiger partial charge in [0.05, 0.1) is 6.42 Å². The van der Waals surface area contributed by atoms with Crippen LogP contribution in [0.5, 0.6) is 0 Å². The van der Waals surface area contributed by atoms with Crippen molar-refractivity contribution in [3.63, 3.8) is 0 Å². The van der Waals surface area contributed by atoms with Crippen LogP contribution in [-0.4, -0.2) is 62.1 Å². The van der Waals surface area contributed by atoms with Gasteiger partial charge in [-0.05, 0) is 55.5 Å². The maximum atomic E-state index is 13.8. The summed E-state index contributed by atoms with van der Waals surface area (Å²) >= 11 is 0. The third-order valence-corrected chi connectivity index (χ3v) is 7.91. The van der Waals surface area contributed by atoms with Gasteiger partial charge >= 0.3 is 0 Å². The van der Waals surface area contributed by atoms with Gasteiger partial charge in [-0.3, -0.25) is 19.5 Å². The molecule has 0 N–H and O–H groups in total. The highest BCUT2D eigenvalue weighted by Crippen LogP contribution is 2.32. The number of hydrogen-bond acceptors (Lipinski definition) is 7. The van der Waals surface area contributed by atoms with Gasteiger partial charge in [0.25, 0.3) is 0 Å². The molecule has 2 aromatic heterocycles. The molecule has 0 spiro atoms. The van der Waals surface area contributed by atoms with E-state index < -0.39 is 0 Å². The number of carbonyl (C=O) groups is 2. The van der Waals surface area contributed by atoms with Gasteiger partial charge in [-0.25, -0.2) is 4.63 Å². The van der Waals surface area contributed by atoms with Crippen LogP contribution in [0.3, 0.4) is 0 Å². The maximum Gasteiger partial charge on any atom is 0.229 e. The van der Waals surface area contributed by atoms with Crippen molar-refractivity contribution in [1.82, 2.24) is 25.1 Å². The molecule has 1 aromatic carbocycles. The summed E-state index contributed by atoms with van der Waals surface area (Å²) < 4.78 is 4.86. The third kappa shape index (κ3) is 5.78. The van der Waals surface area contributed by atoms with E-state index in [9.17, 15) is 9.59 Å². The van der Waals surface area contributed by atoms with E-state index in [-0.39, 0.29) is 24.3 Å². The normalized spacial score (nSPS) is 20.5. The molecule has 0 saturated carbocycles. The van der Waals surface area contributed by atoms with Crippen molar-refractivity contribution < 1.29 is 14.2 Å². The molecule has 200 valence electrons. The zero-order valence-corrected chi connectivity index (χ0v) is 22.3. The van der Waals surface area contributed by atoms with Crippen LogP contribution >= 0.6 is 0 Å². The highest BCUT2D eigenvalue weighted by atomic mass is 16.6. The van der Waals surface area contributed by atoms with Crippen molar-refractivity contribution in [2.45, 2.75) is 77.5 Å². The molecular formula is C29H36N6O3. The maximum absolute atomic E-state index is 13.8. The van der Waals surface area contributed by atoms with E-state index in [1.165, 1.54) is 5.56 Å². The molecule has 9 nitrogen and oxygen atoms in total. The van der Waals surface area contributed by atoms with E-state index in [0.717, 1.165) is 43.5 Å². The Bertz CT molecular complexity index is 1250. The van der Waals surface area contributed by atoms with Gasteiger partial charge in [-0.15, -0.1) is 0 Å². The lowest BCUT2D eigenvalue weighted by Crippen LogP contribution is -2.52. The second kappa shape index (κ2) is 11.9. The second-order valence-corrected chi connectivity index (χ2v) is 10.3. The van der Waals surface area contributed by atoms with Gasteiger partial charge in [0, 0.05) is 62.8 Å². The molecule has 2 amide bonds. The topological polar surface area (TPSA) is 95.7 Å². The minimum Gasteiger partial charge on any atom is -0.336 e. The Balaban J connectivity index is 1.53. The molecule has 2 aliphatic rings. The van der Waals surface area contributed by atoms with Crippen molar-refractivity contribution in [3.05, 3.63) is 71.3 Å². The van der Waals surface area contributed by atoms with Crippen LogP contribution in [0, 0.1) is 6.92 Å². The molecule has 1 saturated heterocycles. The predicted octanol–water partition coefficient (Wildman–Crippen LogP) is 3.91. The fraction of sp³-hybridized carbons (Fsp3) is 0.483. The molecule has 2 atom stereocenters. The molecule has 9 heteroatoms. The monoisotopic (exact) mass is 516 g/mol. The number of piperidine rings is 1. The fourth-order valence-electron chi connectivity index (χ4n) is 5.82. The highest BCUT2D eigenvalue weighted by Gasteiger charge is 2.35. The Morgan fingerprint density at radius 2 is 1.79 bits per heavy atom. The first-order chi connectivity index (χ1) is 18.5. The van der Waals surface area contributed by atoms with E-state index in [0.29, 0.717) is 43.5 Å². The summed E-state index contributed by atoms with van der Waals surface area (Å²) in [7, 11) is 0. The van der Waals surface area contributed by atoms with Crippen LogP contribution in [0.2, 0.25) is 0 Å². The number of carbonyl (C=O) groups excluding carboxylic acids is 2. The molecule has 4 heterocycles. The van der Waals surface area contributed by atoms with E-state index in [2.05, 4.69) is 32.3 Å². The van der Waals surface area contributed by atoms with E-state index in [1.54, 1.807) is 6.92 Å². The Morgan fingerprint density at radius 1 is 1.00 bits per heavy atom. The number of fused-ring (bicyclic) bond motifs is 3. The van der Waals surface area contributed by atoms with Gasteiger partial charge in [0.15, 0.2) is 0 Å². The molecule has 2 bridgehead atoms.